The number of nitrogens with one attached hydrogen (secondary N) is 1. The maximum Gasteiger partial charge on any atom is 0.324 e. The third-order valence-corrected chi connectivity index (χ3v) is 6.33. The van der Waals surface area contributed by atoms with Crippen LogP contribution in [0.2, 0.25) is 0 Å². The molecular weight excluding hydrogens is 378 g/mol. The van der Waals surface area contributed by atoms with Crippen molar-refractivity contribution in [3.05, 3.63) is 43.9 Å². The number of carbonyl (C=O) groups excluding carboxylic acids is 1. The van der Waals surface area contributed by atoms with Gasteiger partial charge in [0, 0.05) is 24.0 Å². The zero-order valence-corrected chi connectivity index (χ0v) is 15.1. The van der Waals surface area contributed by atoms with E-state index in [0.717, 1.165) is 21.5 Å². The zero-order valence-electron chi connectivity index (χ0n) is 12.7. The van der Waals surface area contributed by atoms with E-state index in [2.05, 4.69) is 45.3 Å². The predicted octanol–water partition coefficient (Wildman–Crippen LogP) is 3.83. The molecule has 2 aromatic rings. The number of halogens is 1. The second kappa shape index (κ2) is 5.89. The third-order valence-electron chi connectivity index (χ3n) is 4.24. The summed E-state index contributed by atoms with van der Waals surface area (Å²) in [5.74, 6) is 0. The Bertz CT molecular complexity index is 766. The number of benzene rings is 1. The molecule has 120 valence electrons. The number of carbonyl (C=O) groups is 1. The van der Waals surface area contributed by atoms with Gasteiger partial charge in [-0.1, -0.05) is 39.4 Å². The lowest BCUT2D eigenvalue weighted by Crippen LogP contribution is -2.30. The molecule has 1 aromatic carbocycles. The van der Waals surface area contributed by atoms with Gasteiger partial charge < -0.3 is 9.64 Å². The van der Waals surface area contributed by atoms with E-state index in [9.17, 15) is 4.79 Å². The Labute approximate surface area is 146 Å². The molecule has 2 aliphatic rings. The Morgan fingerprint density at radius 1 is 1.43 bits per heavy atom. The van der Waals surface area contributed by atoms with Crippen LogP contribution in [0.25, 0.3) is 0 Å². The van der Waals surface area contributed by atoms with E-state index in [4.69, 9.17) is 4.74 Å². The van der Waals surface area contributed by atoms with E-state index in [1.807, 2.05) is 4.90 Å². The van der Waals surface area contributed by atoms with Crippen LogP contribution in [-0.4, -0.2) is 22.5 Å². The molecule has 7 heteroatoms. The number of fused-ring (bicyclic) bond motifs is 2. The molecule has 0 bridgehead atoms. The first-order valence-electron chi connectivity index (χ1n) is 7.51. The summed E-state index contributed by atoms with van der Waals surface area (Å²) in [6.07, 6.45) is 0.823. The van der Waals surface area contributed by atoms with E-state index in [0.29, 0.717) is 31.4 Å². The minimum Gasteiger partial charge on any atom is -0.375 e. The fraction of sp³-hybridized carbons (Fsp3) is 0.375. The van der Waals surface area contributed by atoms with E-state index in [-0.39, 0.29) is 6.03 Å². The molecule has 0 aliphatic carbocycles. The maximum absolute atomic E-state index is 12.5. The van der Waals surface area contributed by atoms with Crippen LogP contribution in [0.3, 0.4) is 0 Å². The Kier molecular flexibility index (Phi) is 3.87. The highest BCUT2D eigenvalue weighted by molar-refractivity contribution is 9.10. The van der Waals surface area contributed by atoms with Crippen molar-refractivity contribution >= 4 is 38.4 Å². The topological polar surface area (TPSA) is 54.5 Å². The van der Waals surface area contributed by atoms with E-state index in [1.165, 1.54) is 28.0 Å². The monoisotopic (exact) mass is 393 g/mol. The van der Waals surface area contributed by atoms with Crippen LogP contribution in [-0.2, 0) is 30.9 Å². The van der Waals surface area contributed by atoms with E-state index >= 15 is 0 Å². The molecule has 0 radical (unpaired) electrons. The van der Waals surface area contributed by atoms with Gasteiger partial charge >= 0.3 is 6.03 Å². The largest absolute Gasteiger partial charge is 0.375 e. The van der Waals surface area contributed by atoms with Crippen molar-refractivity contribution in [3.63, 3.8) is 0 Å². The van der Waals surface area contributed by atoms with Crippen LogP contribution in [0.5, 0.6) is 0 Å². The fourth-order valence-electron chi connectivity index (χ4n) is 2.94. The first-order chi connectivity index (χ1) is 11.1. The van der Waals surface area contributed by atoms with Gasteiger partial charge in [0.05, 0.1) is 23.8 Å². The molecule has 1 N–H and O–H groups in total. The lowest BCUT2D eigenvalue weighted by atomic mass is 10.1. The molecule has 1 aromatic heterocycles. The summed E-state index contributed by atoms with van der Waals surface area (Å²) in [5, 5.41) is 3.60. The number of urea groups is 1. The van der Waals surface area contributed by atoms with Crippen LogP contribution in [0.4, 0.5) is 9.93 Å². The smallest absolute Gasteiger partial charge is 0.324 e. The van der Waals surface area contributed by atoms with Crippen molar-refractivity contribution in [2.75, 3.05) is 11.9 Å². The molecule has 0 fully saturated rings. The minimum atomic E-state index is -0.0993. The van der Waals surface area contributed by atoms with Crippen LogP contribution in [0, 0.1) is 6.92 Å². The average molecular weight is 394 g/mol. The summed E-state index contributed by atoms with van der Waals surface area (Å²) >= 11 is 5.14. The van der Waals surface area contributed by atoms with Gasteiger partial charge in [0.2, 0.25) is 0 Å². The minimum absolute atomic E-state index is 0.0993. The van der Waals surface area contributed by atoms with Gasteiger partial charge in [-0.2, -0.15) is 0 Å². The van der Waals surface area contributed by atoms with Crippen molar-refractivity contribution in [1.82, 2.24) is 9.88 Å². The summed E-state index contributed by atoms with van der Waals surface area (Å²) in [4.78, 5) is 20.0. The number of rotatable bonds is 1. The van der Waals surface area contributed by atoms with Gasteiger partial charge in [-0.3, -0.25) is 5.32 Å². The number of anilines is 1. The molecule has 0 saturated heterocycles. The Balaban J connectivity index is 1.48. The Morgan fingerprint density at radius 2 is 2.30 bits per heavy atom. The van der Waals surface area contributed by atoms with Gasteiger partial charge in [-0.15, -0.1) is 0 Å². The van der Waals surface area contributed by atoms with Gasteiger partial charge in [0.1, 0.15) is 0 Å². The second-order valence-electron chi connectivity index (χ2n) is 5.81. The highest BCUT2D eigenvalue weighted by atomic mass is 79.9. The van der Waals surface area contributed by atoms with Crippen molar-refractivity contribution in [1.29, 1.82) is 0 Å². The van der Waals surface area contributed by atoms with Gasteiger partial charge in [0.25, 0.3) is 0 Å². The molecule has 0 saturated carbocycles. The number of aryl methyl sites for hydroxylation is 1. The normalized spacial score (nSPS) is 16.2. The molecule has 5 nitrogen and oxygen atoms in total. The Hall–Kier alpha value is -1.44. The first kappa shape index (κ1) is 15.1. The van der Waals surface area contributed by atoms with Crippen molar-refractivity contribution in [2.24, 2.45) is 0 Å². The van der Waals surface area contributed by atoms with Gasteiger partial charge in [-0.25, -0.2) is 9.78 Å². The standard InChI is InChI=1S/C16H16BrN3O2S/c1-9-2-3-10-6-20(7-11(10)14(9)17)16(21)19-15-18-12-4-5-22-8-13(12)23-15/h2-3H,4-8H2,1H3,(H,18,19,21). The van der Waals surface area contributed by atoms with E-state index < -0.39 is 0 Å². The summed E-state index contributed by atoms with van der Waals surface area (Å²) in [5.41, 5.74) is 4.65. The van der Waals surface area contributed by atoms with Crippen molar-refractivity contribution < 1.29 is 9.53 Å². The summed E-state index contributed by atoms with van der Waals surface area (Å²) in [7, 11) is 0. The van der Waals surface area contributed by atoms with Crippen LogP contribution in [0.15, 0.2) is 16.6 Å². The van der Waals surface area contributed by atoms with Crippen molar-refractivity contribution in [3.8, 4) is 0 Å². The number of hydrogen-bond donors (Lipinski definition) is 1. The summed E-state index contributed by atoms with van der Waals surface area (Å²) < 4.78 is 6.53. The van der Waals surface area contributed by atoms with Gasteiger partial charge in [-0.05, 0) is 23.6 Å². The second-order valence-corrected chi connectivity index (χ2v) is 7.69. The fourth-order valence-corrected chi connectivity index (χ4v) is 4.39. The lowest BCUT2D eigenvalue weighted by molar-refractivity contribution is 0.112. The number of aromatic nitrogens is 1. The third kappa shape index (κ3) is 2.77. The quantitative estimate of drug-likeness (QED) is 0.800. The average Bonchev–Trinajstić information content (AvgIpc) is 3.14. The highest BCUT2D eigenvalue weighted by Gasteiger charge is 2.26. The zero-order chi connectivity index (χ0) is 16.0. The Morgan fingerprint density at radius 3 is 3.13 bits per heavy atom. The summed E-state index contributed by atoms with van der Waals surface area (Å²) in [6.45, 7) is 4.63. The molecule has 23 heavy (non-hydrogen) atoms. The molecular formula is C16H16BrN3O2S. The number of thiazole rings is 1. The molecule has 2 amide bonds. The number of hydrogen-bond acceptors (Lipinski definition) is 4. The van der Waals surface area contributed by atoms with Gasteiger partial charge in [0.15, 0.2) is 5.13 Å². The van der Waals surface area contributed by atoms with Crippen LogP contribution < -0.4 is 5.32 Å². The molecule has 4 rings (SSSR count). The first-order valence-corrected chi connectivity index (χ1v) is 9.12. The molecule has 2 aliphatic heterocycles. The molecule has 0 unspecified atom stereocenters. The molecule has 0 atom stereocenters. The van der Waals surface area contributed by atoms with Crippen molar-refractivity contribution in [2.45, 2.75) is 33.0 Å². The predicted molar refractivity (Wildman–Crippen MR) is 92.6 cm³/mol. The molecule has 3 heterocycles. The number of nitrogens with zero attached hydrogens (tertiary/aromatic N) is 2. The van der Waals surface area contributed by atoms with Crippen LogP contribution in [0.1, 0.15) is 27.3 Å². The number of amides is 2. The number of ether oxygens (including phenoxy) is 1. The SMILES string of the molecule is Cc1ccc2c(c1Br)CN(C(=O)Nc1nc3c(s1)COCC3)C2. The van der Waals surface area contributed by atoms with Crippen LogP contribution >= 0.6 is 27.3 Å². The summed E-state index contributed by atoms with van der Waals surface area (Å²) in [6, 6.07) is 4.08. The highest BCUT2D eigenvalue weighted by Crippen LogP contribution is 2.33. The van der Waals surface area contributed by atoms with E-state index in [1.54, 1.807) is 0 Å². The molecule has 0 spiro atoms. The lowest BCUT2D eigenvalue weighted by Gasteiger charge is -2.15. The maximum atomic E-state index is 12.5.